The highest BCUT2D eigenvalue weighted by atomic mass is 15.2. The van der Waals surface area contributed by atoms with Crippen LogP contribution in [0.25, 0.3) is 0 Å². The lowest BCUT2D eigenvalue weighted by molar-refractivity contribution is 0.182. The molecule has 1 aromatic carbocycles. The fourth-order valence-corrected chi connectivity index (χ4v) is 2.84. The third-order valence-corrected chi connectivity index (χ3v) is 3.87. The van der Waals surface area contributed by atoms with Crippen molar-refractivity contribution in [2.45, 2.75) is 32.0 Å². The van der Waals surface area contributed by atoms with Crippen molar-refractivity contribution in [2.24, 2.45) is 0 Å². The highest BCUT2D eigenvalue weighted by Crippen LogP contribution is 2.14. The van der Waals surface area contributed by atoms with E-state index in [1.807, 2.05) is 6.20 Å². The summed E-state index contributed by atoms with van der Waals surface area (Å²) in [7, 11) is 0. The molecule has 20 heavy (non-hydrogen) atoms. The van der Waals surface area contributed by atoms with Crippen LogP contribution < -0.4 is 5.32 Å². The SMILES string of the molecule is c1ccc(CN2CCCC(NCc3ncc[nH]3)C2)cc1. The molecule has 1 atom stereocenters. The summed E-state index contributed by atoms with van der Waals surface area (Å²) < 4.78 is 0. The molecule has 0 bridgehead atoms. The molecule has 0 aliphatic carbocycles. The lowest BCUT2D eigenvalue weighted by Crippen LogP contribution is -2.45. The predicted octanol–water partition coefficient (Wildman–Crippen LogP) is 2.16. The Balaban J connectivity index is 1.49. The second-order valence-corrected chi connectivity index (χ2v) is 5.48. The first-order valence-corrected chi connectivity index (χ1v) is 7.38. The quantitative estimate of drug-likeness (QED) is 0.875. The average molecular weight is 270 g/mol. The van der Waals surface area contributed by atoms with Gasteiger partial charge in [-0.15, -0.1) is 0 Å². The Morgan fingerprint density at radius 2 is 2.20 bits per heavy atom. The maximum Gasteiger partial charge on any atom is 0.120 e. The molecule has 2 aromatic rings. The van der Waals surface area contributed by atoms with Crippen molar-refractivity contribution in [3.8, 4) is 0 Å². The first-order valence-electron chi connectivity index (χ1n) is 7.38. The van der Waals surface area contributed by atoms with Crippen LogP contribution in [0.2, 0.25) is 0 Å². The van der Waals surface area contributed by atoms with E-state index in [1.54, 1.807) is 6.20 Å². The number of likely N-dealkylation sites (tertiary alicyclic amines) is 1. The zero-order valence-corrected chi connectivity index (χ0v) is 11.8. The Morgan fingerprint density at radius 1 is 1.30 bits per heavy atom. The second kappa shape index (κ2) is 6.68. The number of hydrogen-bond donors (Lipinski definition) is 2. The van der Waals surface area contributed by atoms with E-state index < -0.39 is 0 Å². The van der Waals surface area contributed by atoms with Crippen LogP contribution in [0.5, 0.6) is 0 Å². The molecule has 0 amide bonds. The van der Waals surface area contributed by atoms with Crippen LogP contribution in [0, 0.1) is 0 Å². The van der Waals surface area contributed by atoms with E-state index in [-0.39, 0.29) is 0 Å². The molecule has 1 aliphatic rings. The molecular weight excluding hydrogens is 248 g/mol. The van der Waals surface area contributed by atoms with Crippen LogP contribution in [-0.2, 0) is 13.1 Å². The lowest BCUT2D eigenvalue weighted by atomic mass is 10.0. The minimum absolute atomic E-state index is 0.567. The van der Waals surface area contributed by atoms with Crippen LogP contribution >= 0.6 is 0 Å². The Labute approximate surface area is 120 Å². The second-order valence-electron chi connectivity index (χ2n) is 5.48. The van der Waals surface area contributed by atoms with Gasteiger partial charge in [0.25, 0.3) is 0 Å². The number of imidazole rings is 1. The summed E-state index contributed by atoms with van der Waals surface area (Å²) in [5, 5.41) is 3.60. The Morgan fingerprint density at radius 3 is 3.00 bits per heavy atom. The number of aromatic amines is 1. The maximum atomic E-state index is 4.26. The maximum absolute atomic E-state index is 4.26. The van der Waals surface area contributed by atoms with E-state index in [9.17, 15) is 0 Å². The number of piperidine rings is 1. The Kier molecular flexibility index (Phi) is 4.46. The van der Waals surface area contributed by atoms with E-state index in [1.165, 1.54) is 24.9 Å². The van der Waals surface area contributed by atoms with Crippen molar-refractivity contribution in [1.29, 1.82) is 0 Å². The van der Waals surface area contributed by atoms with E-state index in [0.29, 0.717) is 6.04 Å². The van der Waals surface area contributed by atoms with Crippen molar-refractivity contribution >= 4 is 0 Å². The fraction of sp³-hybridized carbons (Fsp3) is 0.438. The normalized spacial score (nSPS) is 20.1. The fourth-order valence-electron chi connectivity index (χ4n) is 2.84. The molecular formula is C16H22N4. The Bertz CT molecular complexity index is 494. The number of benzene rings is 1. The molecule has 106 valence electrons. The summed E-state index contributed by atoms with van der Waals surface area (Å²) in [6, 6.07) is 11.3. The molecule has 0 saturated carbocycles. The first kappa shape index (κ1) is 13.3. The zero-order valence-electron chi connectivity index (χ0n) is 11.8. The van der Waals surface area contributed by atoms with Crippen LogP contribution in [0.4, 0.5) is 0 Å². The molecule has 4 nitrogen and oxygen atoms in total. The highest BCUT2D eigenvalue weighted by Gasteiger charge is 2.19. The van der Waals surface area contributed by atoms with Crippen LogP contribution in [-0.4, -0.2) is 34.0 Å². The van der Waals surface area contributed by atoms with Crippen LogP contribution in [0.3, 0.4) is 0 Å². The van der Waals surface area contributed by atoms with Gasteiger partial charge in [0.1, 0.15) is 5.82 Å². The van der Waals surface area contributed by atoms with Crippen molar-refractivity contribution in [1.82, 2.24) is 20.2 Å². The topological polar surface area (TPSA) is 44.0 Å². The third-order valence-electron chi connectivity index (χ3n) is 3.87. The average Bonchev–Trinajstić information content (AvgIpc) is 3.00. The van der Waals surface area contributed by atoms with Crippen LogP contribution in [0.1, 0.15) is 24.2 Å². The van der Waals surface area contributed by atoms with Gasteiger partial charge in [0.05, 0.1) is 6.54 Å². The molecule has 1 aromatic heterocycles. The third kappa shape index (κ3) is 3.68. The van der Waals surface area contributed by atoms with E-state index in [0.717, 1.165) is 25.5 Å². The Hall–Kier alpha value is -1.65. The van der Waals surface area contributed by atoms with E-state index in [4.69, 9.17) is 0 Å². The van der Waals surface area contributed by atoms with Gasteiger partial charge in [-0.1, -0.05) is 30.3 Å². The van der Waals surface area contributed by atoms with Crippen molar-refractivity contribution < 1.29 is 0 Å². The number of H-pyrrole nitrogens is 1. The van der Waals surface area contributed by atoms with Gasteiger partial charge in [-0.2, -0.15) is 0 Å². The largest absolute Gasteiger partial charge is 0.348 e. The van der Waals surface area contributed by atoms with Gasteiger partial charge in [0, 0.05) is 31.5 Å². The van der Waals surface area contributed by atoms with Gasteiger partial charge >= 0.3 is 0 Å². The zero-order chi connectivity index (χ0) is 13.6. The summed E-state index contributed by atoms with van der Waals surface area (Å²) in [4.78, 5) is 9.94. The number of rotatable bonds is 5. The van der Waals surface area contributed by atoms with Gasteiger partial charge in [-0.05, 0) is 24.9 Å². The summed E-state index contributed by atoms with van der Waals surface area (Å²) in [5.41, 5.74) is 1.40. The molecule has 0 spiro atoms. The van der Waals surface area contributed by atoms with E-state index in [2.05, 4.69) is 50.5 Å². The molecule has 3 rings (SSSR count). The van der Waals surface area contributed by atoms with Gasteiger partial charge in [-0.3, -0.25) is 4.90 Å². The smallest absolute Gasteiger partial charge is 0.120 e. The van der Waals surface area contributed by atoms with Gasteiger partial charge < -0.3 is 10.3 Å². The summed E-state index contributed by atoms with van der Waals surface area (Å²) in [6.45, 7) is 4.21. The standard InChI is InChI=1S/C16H22N4/c1-2-5-14(6-3-1)12-20-10-4-7-15(13-20)19-11-16-17-8-9-18-16/h1-3,5-6,8-9,15,19H,4,7,10-13H2,(H,17,18). The molecule has 1 unspecified atom stereocenters. The molecule has 2 N–H and O–H groups in total. The summed E-state index contributed by atoms with van der Waals surface area (Å²) in [5.74, 6) is 1.02. The number of nitrogens with one attached hydrogen (secondary N) is 2. The predicted molar refractivity (Wildman–Crippen MR) is 80.2 cm³/mol. The monoisotopic (exact) mass is 270 g/mol. The lowest BCUT2D eigenvalue weighted by Gasteiger charge is -2.33. The number of aromatic nitrogens is 2. The van der Waals surface area contributed by atoms with Gasteiger partial charge in [-0.25, -0.2) is 4.98 Å². The minimum Gasteiger partial charge on any atom is -0.348 e. The molecule has 4 heteroatoms. The van der Waals surface area contributed by atoms with Gasteiger partial charge in [0.2, 0.25) is 0 Å². The number of hydrogen-bond acceptors (Lipinski definition) is 3. The highest BCUT2D eigenvalue weighted by molar-refractivity contribution is 5.14. The minimum atomic E-state index is 0.567. The molecule has 1 saturated heterocycles. The van der Waals surface area contributed by atoms with Gasteiger partial charge in [0.15, 0.2) is 0 Å². The number of nitrogens with zero attached hydrogens (tertiary/aromatic N) is 2. The van der Waals surface area contributed by atoms with Crippen molar-refractivity contribution in [3.63, 3.8) is 0 Å². The van der Waals surface area contributed by atoms with Crippen molar-refractivity contribution in [2.75, 3.05) is 13.1 Å². The van der Waals surface area contributed by atoms with E-state index >= 15 is 0 Å². The molecule has 1 fully saturated rings. The van der Waals surface area contributed by atoms with Crippen molar-refractivity contribution in [3.05, 3.63) is 54.1 Å². The molecule has 1 aliphatic heterocycles. The first-order chi connectivity index (χ1) is 9.90. The van der Waals surface area contributed by atoms with Crippen LogP contribution in [0.15, 0.2) is 42.7 Å². The summed E-state index contributed by atoms with van der Waals surface area (Å²) in [6.07, 6.45) is 6.20. The summed E-state index contributed by atoms with van der Waals surface area (Å²) >= 11 is 0. The molecule has 2 heterocycles. The molecule has 0 radical (unpaired) electrons.